The van der Waals surface area contributed by atoms with Crippen LogP contribution in [0.3, 0.4) is 0 Å². The van der Waals surface area contributed by atoms with Crippen LogP contribution in [-0.4, -0.2) is 18.4 Å². The molecule has 0 saturated heterocycles. The number of primary amides is 1. The van der Waals surface area contributed by atoms with Crippen molar-refractivity contribution in [3.63, 3.8) is 0 Å². The topological polar surface area (TPSA) is 81.4 Å². The van der Waals surface area contributed by atoms with Gasteiger partial charge in [0.1, 0.15) is 5.75 Å². The van der Waals surface area contributed by atoms with Crippen molar-refractivity contribution in [3.8, 4) is 5.75 Å². The summed E-state index contributed by atoms with van der Waals surface area (Å²) in [7, 11) is 0. The first-order valence-electron chi connectivity index (χ1n) is 6.24. The summed E-state index contributed by atoms with van der Waals surface area (Å²) in [5.74, 6) is -0.834. The Morgan fingerprint density at radius 1 is 1.09 bits per heavy atom. The number of para-hydroxylation sites is 1. The second-order valence-corrected chi connectivity index (χ2v) is 5.08. The van der Waals surface area contributed by atoms with Gasteiger partial charge in [-0.15, -0.1) is 0 Å². The lowest BCUT2D eigenvalue weighted by Crippen LogP contribution is -2.21. The molecule has 7 heteroatoms. The van der Waals surface area contributed by atoms with Crippen LogP contribution in [0.4, 0.5) is 5.69 Å². The molecule has 0 unspecified atom stereocenters. The molecule has 22 heavy (non-hydrogen) atoms. The fraction of sp³-hybridized carbons (Fsp3) is 0.0667. The van der Waals surface area contributed by atoms with Crippen molar-refractivity contribution in [2.45, 2.75) is 0 Å². The van der Waals surface area contributed by atoms with Gasteiger partial charge < -0.3 is 15.8 Å². The Balaban J connectivity index is 2.02. The number of amides is 2. The fourth-order valence-corrected chi connectivity index (χ4v) is 2.07. The van der Waals surface area contributed by atoms with Gasteiger partial charge in [0, 0.05) is 0 Å². The smallest absolute Gasteiger partial charge is 0.262 e. The number of carbonyl (C=O) groups is 2. The van der Waals surface area contributed by atoms with Crippen LogP contribution in [-0.2, 0) is 4.79 Å². The van der Waals surface area contributed by atoms with Gasteiger partial charge in [0.15, 0.2) is 6.61 Å². The van der Waals surface area contributed by atoms with E-state index in [0.29, 0.717) is 10.7 Å². The van der Waals surface area contributed by atoms with Gasteiger partial charge in [-0.05, 0) is 24.3 Å². The van der Waals surface area contributed by atoms with E-state index >= 15 is 0 Å². The molecule has 0 atom stereocenters. The number of halogens is 2. The number of carbonyl (C=O) groups excluding carboxylic acids is 2. The lowest BCUT2D eigenvalue weighted by molar-refractivity contribution is -0.118. The van der Waals surface area contributed by atoms with Gasteiger partial charge >= 0.3 is 0 Å². The molecule has 114 valence electrons. The maximum Gasteiger partial charge on any atom is 0.262 e. The molecule has 0 aliphatic heterocycles. The highest BCUT2D eigenvalue weighted by atomic mass is 35.5. The summed E-state index contributed by atoms with van der Waals surface area (Å²) in [6.07, 6.45) is 0. The van der Waals surface area contributed by atoms with Crippen LogP contribution >= 0.6 is 23.2 Å². The van der Waals surface area contributed by atoms with Crippen LogP contribution < -0.4 is 15.8 Å². The predicted molar refractivity (Wildman–Crippen MR) is 85.5 cm³/mol. The Bertz CT molecular complexity index is 720. The van der Waals surface area contributed by atoms with Crippen LogP contribution in [0.15, 0.2) is 42.5 Å². The van der Waals surface area contributed by atoms with Crippen LogP contribution in [0, 0.1) is 0 Å². The average molecular weight is 339 g/mol. The van der Waals surface area contributed by atoms with Crippen LogP contribution in [0.5, 0.6) is 5.75 Å². The molecule has 2 aromatic rings. The highest BCUT2D eigenvalue weighted by Gasteiger charge is 2.12. The van der Waals surface area contributed by atoms with Crippen molar-refractivity contribution in [1.29, 1.82) is 0 Å². The van der Waals surface area contributed by atoms with Crippen LogP contribution in [0.1, 0.15) is 10.4 Å². The molecular formula is C15H12Cl2N2O3. The first-order chi connectivity index (χ1) is 10.5. The van der Waals surface area contributed by atoms with Crippen molar-refractivity contribution < 1.29 is 14.3 Å². The normalized spacial score (nSPS) is 10.1. The molecule has 5 nitrogen and oxygen atoms in total. The zero-order valence-electron chi connectivity index (χ0n) is 11.3. The summed E-state index contributed by atoms with van der Waals surface area (Å²) in [4.78, 5) is 23.1. The lowest BCUT2D eigenvalue weighted by atomic mass is 10.2. The second-order valence-electron chi connectivity index (χ2n) is 4.30. The Morgan fingerprint density at radius 3 is 2.55 bits per heavy atom. The van der Waals surface area contributed by atoms with Gasteiger partial charge in [-0.2, -0.15) is 0 Å². The molecule has 2 amide bonds. The van der Waals surface area contributed by atoms with E-state index in [2.05, 4.69) is 5.32 Å². The third kappa shape index (κ3) is 3.90. The molecule has 0 saturated carbocycles. The summed E-state index contributed by atoms with van der Waals surface area (Å²) in [6, 6.07) is 11.3. The average Bonchev–Trinajstić information content (AvgIpc) is 2.50. The first-order valence-corrected chi connectivity index (χ1v) is 7.00. The van der Waals surface area contributed by atoms with Crippen molar-refractivity contribution in [1.82, 2.24) is 0 Å². The molecule has 2 rings (SSSR count). The summed E-state index contributed by atoms with van der Waals surface area (Å²) in [5.41, 5.74) is 5.81. The number of hydrogen-bond acceptors (Lipinski definition) is 3. The van der Waals surface area contributed by atoms with E-state index in [1.807, 2.05) is 0 Å². The number of anilines is 1. The summed E-state index contributed by atoms with van der Waals surface area (Å²) >= 11 is 11.8. The Morgan fingerprint density at radius 2 is 1.82 bits per heavy atom. The monoisotopic (exact) mass is 338 g/mol. The molecule has 0 fully saturated rings. The number of ether oxygens (including phenoxy) is 1. The quantitative estimate of drug-likeness (QED) is 0.878. The maximum absolute atomic E-state index is 11.9. The SMILES string of the molecule is NC(=O)c1ccccc1OCC(=O)Nc1cccc(Cl)c1Cl. The number of hydrogen-bond donors (Lipinski definition) is 2. The minimum atomic E-state index is -0.631. The summed E-state index contributed by atoms with van der Waals surface area (Å²) < 4.78 is 5.31. The fourth-order valence-electron chi connectivity index (χ4n) is 1.73. The van der Waals surface area contributed by atoms with Gasteiger partial charge in [0.25, 0.3) is 11.8 Å². The number of rotatable bonds is 5. The third-order valence-electron chi connectivity index (χ3n) is 2.74. The molecule has 0 bridgehead atoms. The zero-order valence-corrected chi connectivity index (χ0v) is 12.8. The highest BCUT2D eigenvalue weighted by Crippen LogP contribution is 2.29. The Kier molecular flexibility index (Phi) is 5.25. The van der Waals surface area contributed by atoms with E-state index in [1.54, 1.807) is 36.4 Å². The van der Waals surface area contributed by atoms with E-state index in [0.717, 1.165) is 0 Å². The second kappa shape index (κ2) is 7.15. The Labute approximate surface area is 137 Å². The molecule has 2 aromatic carbocycles. The minimum Gasteiger partial charge on any atom is -0.483 e. The highest BCUT2D eigenvalue weighted by molar-refractivity contribution is 6.43. The molecule has 0 radical (unpaired) electrons. The van der Waals surface area contributed by atoms with Gasteiger partial charge in [-0.25, -0.2) is 0 Å². The van der Waals surface area contributed by atoms with E-state index in [4.69, 9.17) is 33.7 Å². The largest absolute Gasteiger partial charge is 0.483 e. The molecule has 3 N–H and O–H groups in total. The van der Waals surface area contributed by atoms with Gasteiger partial charge in [0.05, 0.1) is 21.3 Å². The molecule has 0 aliphatic carbocycles. The van der Waals surface area contributed by atoms with Crippen LogP contribution in [0.25, 0.3) is 0 Å². The predicted octanol–water partition coefficient (Wildman–Crippen LogP) is 3.11. The zero-order chi connectivity index (χ0) is 16.1. The van der Waals surface area contributed by atoms with Crippen molar-refractivity contribution >= 4 is 40.7 Å². The van der Waals surface area contributed by atoms with Gasteiger partial charge in [0.2, 0.25) is 0 Å². The first kappa shape index (κ1) is 16.1. The number of benzene rings is 2. The van der Waals surface area contributed by atoms with E-state index in [-0.39, 0.29) is 22.9 Å². The Hall–Kier alpha value is -2.24. The number of nitrogens with one attached hydrogen (secondary N) is 1. The van der Waals surface area contributed by atoms with Crippen LogP contribution in [0.2, 0.25) is 10.0 Å². The van der Waals surface area contributed by atoms with Gasteiger partial charge in [-0.3, -0.25) is 9.59 Å². The lowest BCUT2D eigenvalue weighted by Gasteiger charge is -2.11. The number of nitrogens with two attached hydrogens (primary N) is 1. The van der Waals surface area contributed by atoms with Gasteiger partial charge in [-0.1, -0.05) is 41.4 Å². The molecule has 0 aromatic heterocycles. The third-order valence-corrected chi connectivity index (χ3v) is 3.56. The van der Waals surface area contributed by atoms with E-state index in [1.165, 1.54) is 6.07 Å². The summed E-state index contributed by atoms with van der Waals surface area (Å²) in [5, 5.41) is 3.15. The molecular weight excluding hydrogens is 327 g/mol. The van der Waals surface area contributed by atoms with E-state index in [9.17, 15) is 9.59 Å². The van der Waals surface area contributed by atoms with Crippen molar-refractivity contribution in [3.05, 3.63) is 58.1 Å². The van der Waals surface area contributed by atoms with Crippen molar-refractivity contribution in [2.75, 3.05) is 11.9 Å². The standard InChI is InChI=1S/C15H12Cl2N2O3/c16-10-5-3-6-11(14(10)17)19-13(20)8-22-12-7-2-1-4-9(12)15(18)21/h1-7H,8H2,(H2,18,21)(H,19,20). The van der Waals surface area contributed by atoms with Crippen molar-refractivity contribution in [2.24, 2.45) is 5.73 Å². The molecule has 0 aliphatic rings. The molecule has 0 heterocycles. The minimum absolute atomic E-state index is 0.205. The van der Waals surface area contributed by atoms with E-state index < -0.39 is 11.8 Å². The summed E-state index contributed by atoms with van der Waals surface area (Å²) in [6.45, 7) is -0.298. The molecule has 0 spiro atoms. The maximum atomic E-state index is 11.9.